The maximum atomic E-state index is 11.1. The maximum Gasteiger partial charge on any atom is 0.358 e. The zero-order chi connectivity index (χ0) is 14.0. The van der Waals surface area contributed by atoms with E-state index in [0.717, 1.165) is 0 Å². The minimum absolute atomic E-state index is 0.0101. The van der Waals surface area contributed by atoms with Crippen LogP contribution in [0.25, 0.3) is 0 Å². The summed E-state index contributed by atoms with van der Waals surface area (Å²) in [5, 5.41) is 20.7. The van der Waals surface area contributed by atoms with Crippen molar-refractivity contribution in [3.63, 3.8) is 0 Å². The standard InChI is InChI=1S/C11H16N6O2/c1-7(2)4-8-10(11(18)19)14-15-17(8)5-9-12-6-13-16(9)3/h6-7H,4-5H2,1-3H3,(H,18,19). The molecule has 0 bridgehead atoms. The Morgan fingerprint density at radius 3 is 2.74 bits per heavy atom. The number of nitrogens with zero attached hydrogens (tertiary/aromatic N) is 6. The third-order valence-electron chi connectivity index (χ3n) is 2.74. The zero-order valence-corrected chi connectivity index (χ0v) is 11.1. The van der Waals surface area contributed by atoms with Gasteiger partial charge in [-0.1, -0.05) is 19.1 Å². The molecule has 0 saturated heterocycles. The first-order chi connectivity index (χ1) is 8.99. The van der Waals surface area contributed by atoms with Crippen LogP contribution in [0.4, 0.5) is 0 Å². The second-order valence-electron chi connectivity index (χ2n) is 4.75. The average molecular weight is 264 g/mol. The van der Waals surface area contributed by atoms with E-state index in [4.69, 9.17) is 5.11 Å². The summed E-state index contributed by atoms with van der Waals surface area (Å²) < 4.78 is 3.20. The molecule has 0 amide bonds. The van der Waals surface area contributed by atoms with Crippen LogP contribution < -0.4 is 0 Å². The van der Waals surface area contributed by atoms with Crippen LogP contribution in [-0.2, 0) is 20.0 Å². The van der Waals surface area contributed by atoms with E-state index >= 15 is 0 Å². The fourth-order valence-electron chi connectivity index (χ4n) is 1.81. The number of aromatic carboxylic acids is 1. The van der Waals surface area contributed by atoms with E-state index in [1.807, 2.05) is 13.8 Å². The monoisotopic (exact) mass is 264 g/mol. The highest BCUT2D eigenvalue weighted by atomic mass is 16.4. The van der Waals surface area contributed by atoms with Gasteiger partial charge in [0.05, 0.1) is 5.69 Å². The van der Waals surface area contributed by atoms with E-state index in [1.54, 1.807) is 16.4 Å². The van der Waals surface area contributed by atoms with Crippen molar-refractivity contribution >= 4 is 5.97 Å². The van der Waals surface area contributed by atoms with E-state index in [9.17, 15) is 4.79 Å². The molecular formula is C11H16N6O2. The normalized spacial score (nSPS) is 11.2. The number of aryl methyl sites for hydroxylation is 1. The molecule has 0 atom stereocenters. The smallest absolute Gasteiger partial charge is 0.358 e. The molecule has 0 fully saturated rings. The number of hydrogen-bond acceptors (Lipinski definition) is 5. The summed E-state index contributed by atoms with van der Waals surface area (Å²) >= 11 is 0. The van der Waals surface area contributed by atoms with Crippen LogP contribution in [0.5, 0.6) is 0 Å². The molecule has 1 N–H and O–H groups in total. The molecule has 2 aromatic heterocycles. The van der Waals surface area contributed by atoms with Gasteiger partial charge in [0.15, 0.2) is 5.69 Å². The second kappa shape index (κ2) is 5.17. The van der Waals surface area contributed by atoms with Crippen molar-refractivity contribution < 1.29 is 9.90 Å². The largest absolute Gasteiger partial charge is 0.476 e. The second-order valence-corrected chi connectivity index (χ2v) is 4.75. The Balaban J connectivity index is 2.34. The first-order valence-corrected chi connectivity index (χ1v) is 5.97. The minimum Gasteiger partial charge on any atom is -0.476 e. The highest BCUT2D eigenvalue weighted by Gasteiger charge is 2.20. The SMILES string of the molecule is CC(C)Cc1c(C(=O)O)nnn1Cc1ncnn1C. The van der Waals surface area contributed by atoms with Crippen molar-refractivity contribution in [3.8, 4) is 0 Å². The Labute approximate surface area is 110 Å². The summed E-state index contributed by atoms with van der Waals surface area (Å²) in [5.74, 6) is -0.0402. The fraction of sp³-hybridized carbons (Fsp3) is 0.545. The van der Waals surface area contributed by atoms with Crippen molar-refractivity contribution in [2.75, 3.05) is 0 Å². The van der Waals surface area contributed by atoms with Gasteiger partial charge in [-0.2, -0.15) is 5.10 Å². The van der Waals surface area contributed by atoms with E-state index in [-0.39, 0.29) is 5.69 Å². The van der Waals surface area contributed by atoms with Gasteiger partial charge in [-0.15, -0.1) is 5.10 Å². The lowest BCUT2D eigenvalue weighted by Gasteiger charge is -2.08. The number of aromatic nitrogens is 6. The molecule has 0 aliphatic carbocycles. The Morgan fingerprint density at radius 2 is 2.21 bits per heavy atom. The molecule has 0 aliphatic rings. The average Bonchev–Trinajstić information content (AvgIpc) is 2.87. The van der Waals surface area contributed by atoms with Crippen molar-refractivity contribution in [1.82, 2.24) is 29.8 Å². The van der Waals surface area contributed by atoms with Crippen molar-refractivity contribution in [2.24, 2.45) is 13.0 Å². The molecule has 19 heavy (non-hydrogen) atoms. The number of carboxylic acids is 1. The molecular weight excluding hydrogens is 248 g/mol. The highest BCUT2D eigenvalue weighted by molar-refractivity contribution is 5.86. The van der Waals surface area contributed by atoms with Gasteiger partial charge in [0, 0.05) is 7.05 Å². The summed E-state index contributed by atoms with van der Waals surface area (Å²) in [6.45, 7) is 4.40. The predicted octanol–water partition coefficient (Wildman–Crippen LogP) is 0.352. The van der Waals surface area contributed by atoms with Gasteiger partial charge in [-0.25, -0.2) is 14.5 Å². The Morgan fingerprint density at radius 1 is 1.47 bits per heavy atom. The topological polar surface area (TPSA) is 98.7 Å². The van der Waals surface area contributed by atoms with Gasteiger partial charge < -0.3 is 5.11 Å². The molecule has 102 valence electrons. The Kier molecular flexibility index (Phi) is 3.59. The first kappa shape index (κ1) is 13.2. The third kappa shape index (κ3) is 2.78. The van der Waals surface area contributed by atoms with Gasteiger partial charge in [0.1, 0.15) is 18.7 Å². The summed E-state index contributed by atoms with van der Waals surface area (Å²) in [6.07, 6.45) is 2.05. The lowest BCUT2D eigenvalue weighted by Crippen LogP contribution is -2.14. The molecule has 2 rings (SSSR count). The molecule has 0 radical (unpaired) electrons. The van der Waals surface area contributed by atoms with Crippen LogP contribution in [-0.4, -0.2) is 40.8 Å². The van der Waals surface area contributed by atoms with Gasteiger partial charge >= 0.3 is 5.97 Å². The molecule has 0 aromatic carbocycles. The minimum atomic E-state index is -1.06. The molecule has 8 heteroatoms. The van der Waals surface area contributed by atoms with Crippen LogP contribution in [0, 0.1) is 5.92 Å². The number of hydrogen-bond donors (Lipinski definition) is 1. The van der Waals surface area contributed by atoms with Crippen LogP contribution in [0.15, 0.2) is 6.33 Å². The van der Waals surface area contributed by atoms with Gasteiger partial charge in [-0.3, -0.25) is 4.68 Å². The van der Waals surface area contributed by atoms with E-state index < -0.39 is 5.97 Å². The number of rotatable bonds is 5. The zero-order valence-electron chi connectivity index (χ0n) is 11.1. The third-order valence-corrected chi connectivity index (χ3v) is 2.74. The summed E-state index contributed by atoms with van der Waals surface area (Å²) in [5.41, 5.74) is 0.626. The fourth-order valence-corrected chi connectivity index (χ4v) is 1.81. The molecule has 2 heterocycles. The van der Waals surface area contributed by atoms with Gasteiger partial charge in [0.25, 0.3) is 0 Å². The lowest BCUT2D eigenvalue weighted by atomic mass is 10.1. The number of carbonyl (C=O) groups is 1. The maximum absolute atomic E-state index is 11.1. The number of carboxylic acid groups (broad SMARTS) is 1. The van der Waals surface area contributed by atoms with Crippen molar-refractivity contribution in [1.29, 1.82) is 0 Å². The molecule has 0 saturated carbocycles. The van der Waals surface area contributed by atoms with E-state index in [1.165, 1.54) is 6.33 Å². The van der Waals surface area contributed by atoms with Crippen molar-refractivity contribution in [3.05, 3.63) is 23.5 Å². The summed E-state index contributed by atoms with van der Waals surface area (Å²) in [4.78, 5) is 15.2. The lowest BCUT2D eigenvalue weighted by molar-refractivity contribution is 0.0689. The summed E-state index contributed by atoms with van der Waals surface area (Å²) in [6, 6.07) is 0. The quantitative estimate of drug-likeness (QED) is 0.836. The summed E-state index contributed by atoms with van der Waals surface area (Å²) in [7, 11) is 1.78. The van der Waals surface area contributed by atoms with Crippen LogP contribution in [0.2, 0.25) is 0 Å². The van der Waals surface area contributed by atoms with Crippen LogP contribution in [0.3, 0.4) is 0 Å². The molecule has 0 unspecified atom stereocenters. The van der Waals surface area contributed by atoms with Gasteiger partial charge in [0.2, 0.25) is 0 Å². The molecule has 2 aromatic rings. The Hall–Kier alpha value is -2.25. The van der Waals surface area contributed by atoms with E-state index in [2.05, 4.69) is 20.4 Å². The molecule has 0 spiro atoms. The first-order valence-electron chi connectivity index (χ1n) is 5.97. The predicted molar refractivity (Wildman–Crippen MR) is 65.6 cm³/mol. The van der Waals surface area contributed by atoms with E-state index in [0.29, 0.717) is 30.4 Å². The Bertz CT molecular complexity index is 586. The molecule has 8 nitrogen and oxygen atoms in total. The molecule has 0 aliphatic heterocycles. The highest BCUT2D eigenvalue weighted by Crippen LogP contribution is 2.13. The van der Waals surface area contributed by atoms with Crippen LogP contribution >= 0.6 is 0 Å². The van der Waals surface area contributed by atoms with Gasteiger partial charge in [-0.05, 0) is 12.3 Å². The van der Waals surface area contributed by atoms with Crippen LogP contribution in [0.1, 0.15) is 35.9 Å². The van der Waals surface area contributed by atoms with Crippen molar-refractivity contribution in [2.45, 2.75) is 26.8 Å².